The molecule has 4 aromatic rings. The summed E-state index contributed by atoms with van der Waals surface area (Å²) in [6, 6.07) is 15.1. The van der Waals surface area contributed by atoms with Crippen LogP contribution < -0.4 is 5.73 Å². The molecule has 0 amide bonds. The Hall–Kier alpha value is -3.58. The molecule has 0 aliphatic carbocycles. The molecule has 276 valence electrons. The maximum atomic E-state index is 12.5. The van der Waals surface area contributed by atoms with E-state index in [2.05, 4.69) is 9.97 Å². The quantitative estimate of drug-likeness (QED) is 0.0655. The summed E-state index contributed by atoms with van der Waals surface area (Å²) in [6.45, 7) is 3.40. The van der Waals surface area contributed by atoms with Crippen LogP contribution >= 0.6 is 34.8 Å². The Morgan fingerprint density at radius 3 is 1.76 bits per heavy atom. The number of ketones is 1. The number of nitrogens with zero attached hydrogens (tertiary/aromatic N) is 2. The number of benzene rings is 2. The molecule has 2 aromatic heterocycles. The van der Waals surface area contributed by atoms with E-state index in [-0.39, 0.29) is 56.0 Å². The van der Waals surface area contributed by atoms with Crippen molar-refractivity contribution >= 4 is 94.5 Å². The van der Waals surface area contributed by atoms with Crippen LogP contribution in [0, 0.1) is 0 Å². The largest absolute Gasteiger partial charge is 0.508 e. The molecule has 0 saturated carbocycles. The molecular formula is C31H32Cl3N3O10S4. The van der Waals surface area contributed by atoms with Gasteiger partial charge in [0.25, 0.3) is 5.24 Å². The predicted molar refractivity (Wildman–Crippen MR) is 198 cm³/mol. The number of hydrogen-bond acceptors (Lipinski definition) is 13. The number of aryl methyl sites for hydroxylation is 1. The van der Waals surface area contributed by atoms with Crippen LogP contribution in [0.4, 0.5) is 5.69 Å². The fourth-order valence-electron chi connectivity index (χ4n) is 3.81. The summed E-state index contributed by atoms with van der Waals surface area (Å²) < 4.78 is 62.1. The first-order valence-corrected chi connectivity index (χ1v) is 20.7. The van der Waals surface area contributed by atoms with E-state index in [0.717, 1.165) is 5.56 Å². The Bertz CT molecular complexity index is 2080. The monoisotopic (exact) mass is 839 g/mol. The van der Waals surface area contributed by atoms with Gasteiger partial charge in [0.2, 0.25) is 0 Å². The molecule has 51 heavy (non-hydrogen) atoms. The number of pyridine rings is 2. The highest BCUT2D eigenvalue weighted by atomic mass is 35.5. The number of phenols is 2. The number of hydrogen-bond donors (Lipinski definition) is 3. The summed E-state index contributed by atoms with van der Waals surface area (Å²) in [5, 5.41) is 18.2. The van der Waals surface area contributed by atoms with Crippen LogP contribution in [-0.4, -0.2) is 74.7 Å². The lowest BCUT2D eigenvalue weighted by atomic mass is 10.0. The number of nitrogen functional groups attached to an aromatic ring is 1. The Kier molecular flexibility index (Phi) is 19.3. The number of anilines is 1. The summed E-state index contributed by atoms with van der Waals surface area (Å²) in [5.74, 6) is -0.330. The third-order valence-electron chi connectivity index (χ3n) is 6.38. The molecule has 2 heterocycles. The minimum atomic E-state index is -3.52. The number of halogens is 3. The van der Waals surface area contributed by atoms with Crippen LogP contribution in [0.1, 0.15) is 46.0 Å². The van der Waals surface area contributed by atoms with Gasteiger partial charge in [0.15, 0.2) is 15.6 Å². The summed E-state index contributed by atoms with van der Waals surface area (Å²) >= 11 is 15.9. The predicted octanol–water partition coefficient (Wildman–Crippen LogP) is 5.12. The Labute approximate surface area is 318 Å². The molecule has 13 nitrogen and oxygen atoms in total. The van der Waals surface area contributed by atoms with Gasteiger partial charge in [-0.05, 0) is 78.2 Å². The van der Waals surface area contributed by atoms with Gasteiger partial charge in [-0.2, -0.15) is 8.42 Å². The van der Waals surface area contributed by atoms with Crippen LogP contribution in [0.5, 0.6) is 11.5 Å². The molecule has 2 aromatic carbocycles. The van der Waals surface area contributed by atoms with Gasteiger partial charge in [-0.15, -0.1) is 0 Å². The van der Waals surface area contributed by atoms with Crippen molar-refractivity contribution in [1.29, 1.82) is 0 Å². The molecule has 2 unspecified atom stereocenters. The molecule has 4 rings (SSSR count). The molecule has 0 aliphatic heterocycles. The minimum absolute atomic E-state index is 0.00243. The van der Waals surface area contributed by atoms with Gasteiger partial charge in [-0.3, -0.25) is 18.0 Å². The summed E-state index contributed by atoms with van der Waals surface area (Å²) in [4.78, 5) is 32.1. The minimum Gasteiger partial charge on any atom is -0.508 e. The standard InChI is InChI=1S/C16H16ClNO3S.C8H7Cl2NO3S.C7H9NO2S.O2S/c1-3-10-4-7-15(17)18-16(10)14(20)9-11-8-12(22(2)21)5-6-13(11)19;1-2-15(13,14)5-3-4-6(9)11-7(5)8(10)12;1-11(10)5-2-3-7(9)6(8)4-5;1-3-2/h4-8,19H,3,9H2,1-2H3;3-4H,2H2,1H3;2-4,9H,8H2,1H3;. The zero-order chi connectivity index (χ0) is 39.1. The molecule has 2 atom stereocenters. The lowest BCUT2D eigenvalue weighted by Gasteiger charge is -2.09. The van der Waals surface area contributed by atoms with Crippen LogP contribution in [0.3, 0.4) is 0 Å². The first kappa shape index (κ1) is 45.4. The van der Waals surface area contributed by atoms with Crippen molar-refractivity contribution in [3.8, 4) is 11.5 Å². The lowest BCUT2D eigenvalue weighted by Crippen LogP contribution is -2.10. The molecule has 0 bridgehead atoms. The van der Waals surface area contributed by atoms with E-state index in [1.165, 1.54) is 37.3 Å². The lowest BCUT2D eigenvalue weighted by molar-refractivity contribution is 0.0985. The van der Waals surface area contributed by atoms with E-state index in [1.54, 1.807) is 42.8 Å². The van der Waals surface area contributed by atoms with Crippen LogP contribution in [0.2, 0.25) is 10.3 Å². The summed E-state index contributed by atoms with van der Waals surface area (Å²) in [5.41, 5.74) is 6.87. The number of aromatic nitrogens is 2. The smallest absolute Gasteiger partial charge is 0.335 e. The fraction of sp³-hybridized carbons (Fsp3) is 0.226. The molecule has 20 heteroatoms. The fourth-order valence-corrected chi connectivity index (χ4v) is 6.45. The first-order chi connectivity index (χ1) is 23.8. The number of Topliss-reactive ketones (excluding diaryl/α,β-unsaturated/α-hetero) is 1. The third kappa shape index (κ3) is 14.5. The van der Waals surface area contributed by atoms with Gasteiger partial charge in [0.1, 0.15) is 33.2 Å². The second kappa shape index (κ2) is 21.7. The van der Waals surface area contributed by atoms with Crippen molar-refractivity contribution < 1.29 is 45.1 Å². The van der Waals surface area contributed by atoms with E-state index in [4.69, 9.17) is 54.1 Å². The van der Waals surface area contributed by atoms with Crippen LogP contribution in [0.25, 0.3) is 0 Å². The highest BCUT2D eigenvalue weighted by molar-refractivity contribution is 7.91. The van der Waals surface area contributed by atoms with E-state index < -0.39 is 48.2 Å². The topological polar surface area (TPSA) is 229 Å². The highest BCUT2D eigenvalue weighted by Crippen LogP contribution is 2.24. The number of carbonyl (C=O) groups is 2. The zero-order valence-electron chi connectivity index (χ0n) is 27.3. The number of rotatable bonds is 9. The molecular weight excluding hydrogens is 809 g/mol. The van der Waals surface area contributed by atoms with Crippen LogP contribution in [0.15, 0.2) is 75.4 Å². The highest BCUT2D eigenvalue weighted by Gasteiger charge is 2.22. The van der Waals surface area contributed by atoms with E-state index in [1.807, 2.05) is 6.92 Å². The number of sulfone groups is 1. The molecule has 0 radical (unpaired) electrons. The Morgan fingerprint density at radius 2 is 1.29 bits per heavy atom. The Morgan fingerprint density at radius 1 is 0.804 bits per heavy atom. The first-order valence-electron chi connectivity index (χ1n) is 14.1. The second-order valence-electron chi connectivity index (χ2n) is 9.74. The molecule has 0 fully saturated rings. The van der Waals surface area contributed by atoms with Crippen LogP contribution in [-0.2, 0) is 55.8 Å². The van der Waals surface area contributed by atoms with Crippen molar-refractivity contribution in [1.82, 2.24) is 9.97 Å². The van der Waals surface area contributed by atoms with E-state index in [0.29, 0.717) is 27.5 Å². The van der Waals surface area contributed by atoms with Crippen molar-refractivity contribution in [3.63, 3.8) is 0 Å². The molecule has 0 aliphatic rings. The number of aromatic hydroxyl groups is 2. The molecule has 4 N–H and O–H groups in total. The second-order valence-corrected chi connectivity index (χ2v) is 16.0. The van der Waals surface area contributed by atoms with Gasteiger partial charge in [-0.1, -0.05) is 43.1 Å². The van der Waals surface area contributed by atoms with E-state index >= 15 is 0 Å². The van der Waals surface area contributed by atoms with Crippen molar-refractivity contribution in [2.24, 2.45) is 0 Å². The van der Waals surface area contributed by atoms with E-state index in [9.17, 15) is 31.5 Å². The SMILES string of the molecule is CCS(=O)(=O)c1ccc(Cl)nc1C(=O)Cl.CCc1ccc(Cl)nc1C(=O)Cc1cc(S(C)=O)ccc1O.CS(=O)c1ccc(O)c(N)c1.O=S=O. The van der Waals surface area contributed by atoms with Gasteiger partial charge in [-0.25, -0.2) is 18.4 Å². The number of nitrogens with two attached hydrogens (primary N) is 1. The van der Waals surface area contributed by atoms with Crippen molar-refractivity contribution in [2.75, 3.05) is 24.0 Å². The van der Waals surface area contributed by atoms with Crippen molar-refractivity contribution in [2.45, 2.75) is 41.4 Å². The van der Waals surface area contributed by atoms with Gasteiger partial charge >= 0.3 is 11.6 Å². The van der Waals surface area contributed by atoms with Gasteiger partial charge < -0.3 is 15.9 Å². The summed E-state index contributed by atoms with van der Waals surface area (Å²) in [6.07, 6.45) is 3.75. The Balaban J connectivity index is 0.000000389. The zero-order valence-corrected chi connectivity index (χ0v) is 32.8. The number of phenolic OH excluding ortho intramolecular Hbond substituents is 2. The molecule has 0 spiro atoms. The maximum absolute atomic E-state index is 12.5. The third-order valence-corrected chi connectivity index (χ3v) is 10.6. The molecule has 0 saturated heterocycles. The van der Waals surface area contributed by atoms with Crippen molar-refractivity contribution in [3.05, 3.63) is 93.5 Å². The average Bonchev–Trinajstić information content (AvgIpc) is 3.07. The maximum Gasteiger partial charge on any atom is 0.335 e. The average molecular weight is 841 g/mol. The van der Waals surface area contributed by atoms with Gasteiger partial charge in [0.05, 0.1) is 16.3 Å². The van der Waals surface area contributed by atoms with Gasteiger partial charge in [0, 0.05) is 55.9 Å². The number of carbonyl (C=O) groups excluding carboxylic acids is 2. The normalized spacial score (nSPS) is 11.6. The summed E-state index contributed by atoms with van der Waals surface area (Å²) in [7, 11) is -5.73.